The molecule has 130 valence electrons. The molecule has 0 bridgehead atoms. The van der Waals surface area contributed by atoms with Crippen LogP contribution in [0.2, 0.25) is 0 Å². The summed E-state index contributed by atoms with van der Waals surface area (Å²) < 4.78 is 13.4. The second-order valence-electron chi connectivity index (χ2n) is 7.73. The van der Waals surface area contributed by atoms with Crippen molar-refractivity contribution in [2.45, 2.75) is 25.7 Å². The highest BCUT2D eigenvalue weighted by Gasteiger charge is 2.38. The normalized spacial score (nSPS) is 24.0. The van der Waals surface area contributed by atoms with Crippen molar-refractivity contribution in [2.75, 3.05) is 36.4 Å². The molecule has 3 aliphatic rings. The molecule has 2 aromatic rings. The van der Waals surface area contributed by atoms with E-state index in [-0.39, 0.29) is 5.82 Å². The molecule has 3 heterocycles. The molecule has 5 rings (SSSR count). The molecule has 0 amide bonds. The number of halogens is 1. The van der Waals surface area contributed by atoms with Crippen LogP contribution in [0.1, 0.15) is 29.0 Å². The van der Waals surface area contributed by atoms with Crippen molar-refractivity contribution < 1.29 is 4.39 Å². The lowest BCUT2D eigenvalue weighted by Gasteiger charge is -2.42. The average molecular weight is 337 g/mol. The molecule has 4 heteroatoms. The van der Waals surface area contributed by atoms with Crippen molar-refractivity contribution in [3.8, 4) is 0 Å². The summed E-state index contributed by atoms with van der Waals surface area (Å²) in [5.41, 5.74) is 7.53. The minimum atomic E-state index is -0.181. The number of benzene rings is 2. The number of nitrogens with one attached hydrogen (secondary N) is 2. The molecule has 3 nitrogen and oxygen atoms in total. The van der Waals surface area contributed by atoms with Gasteiger partial charge in [-0.25, -0.2) is 4.39 Å². The van der Waals surface area contributed by atoms with Crippen molar-refractivity contribution in [2.24, 2.45) is 5.92 Å². The Kier molecular flexibility index (Phi) is 3.49. The monoisotopic (exact) mass is 337 g/mol. The molecule has 0 spiro atoms. The van der Waals surface area contributed by atoms with E-state index in [0.717, 1.165) is 42.4 Å². The van der Waals surface area contributed by atoms with Gasteiger partial charge >= 0.3 is 0 Å². The Balaban J connectivity index is 1.57. The van der Waals surface area contributed by atoms with Gasteiger partial charge in [0.1, 0.15) is 5.82 Å². The Hall–Kier alpha value is -2.07. The van der Waals surface area contributed by atoms with Gasteiger partial charge < -0.3 is 15.5 Å². The predicted molar refractivity (Wildman–Crippen MR) is 100 cm³/mol. The average Bonchev–Trinajstić information content (AvgIpc) is 3.06. The smallest absolute Gasteiger partial charge is 0.123 e. The Bertz CT molecular complexity index is 832. The molecule has 2 N–H and O–H groups in total. The highest BCUT2D eigenvalue weighted by Crippen LogP contribution is 2.46. The van der Waals surface area contributed by atoms with E-state index < -0.39 is 0 Å². The first-order chi connectivity index (χ1) is 12.2. The zero-order chi connectivity index (χ0) is 17.0. The van der Waals surface area contributed by atoms with Crippen LogP contribution >= 0.6 is 0 Å². The van der Waals surface area contributed by atoms with E-state index in [0.29, 0.717) is 5.92 Å². The van der Waals surface area contributed by atoms with Gasteiger partial charge in [0.05, 0.1) is 0 Å². The van der Waals surface area contributed by atoms with Gasteiger partial charge in [0, 0.05) is 49.2 Å². The van der Waals surface area contributed by atoms with Crippen LogP contribution < -0.4 is 15.5 Å². The quantitative estimate of drug-likeness (QED) is 0.869. The molecule has 3 aliphatic heterocycles. The second kappa shape index (κ2) is 5.73. The Morgan fingerprint density at radius 1 is 1.20 bits per heavy atom. The number of hydrogen-bond donors (Lipinski definition) is 2. The number of rotatable bonds is 2. The third kappa shape index (κ3) is 2.51. The van der Waals surface area contributed by atoms with E-state index in [1.165, 1.54) is 42.4 Å². The zero-order valence-electron chi connectivity index (χ0n) is 14.6. The molecule has 1 fully saturated rings. The van der Waals surface area contributed by atoms with Crippen molar-refractivity contribution in [3.05, 3.63) is 52.8 Å². The number of nitrogens with zero attached hydrogens (tertiary/aromatic N) is 1. The van der Waals surface area contributed by atoms with Crippen molar-refractivity contribution in [3.63, 3.8) is 0 Å². The van der Waals surface area contributed by atoms with E-state index in [2.05, 4.69) is 27.7 Å². The lowest BCUT2D eigenvalue weighted by Crippen LogP contribution is -2.41. The van der Waals surface area contributed by atoms with Crippen LogP contribution in [0.25, 0.3) is 0 Å². The van der Waals surface area contributed by atoms with Gasteiger partial charge in [-0.05, 0) is 72.7 Å². The number of anilines is 3. The lowest BCUT2D eigenvalue weighted by molar-refractivity contribution is 0.470. The van der Waals surface area contributed by atoms with Crippen LogP contribution in [-0.4, -0.2) is 26.2 Å². The van der Waals surface area contributed by atoms with Gasteiger partial charge in [-0.1, -0.05) is 0 Å². The SMILES string of the molecule is Cc1cc(F)ccc1Nc1cc2c3c(c1)C1CNCC1CN3CCC2. The predicted octanol–water partition coefficient (Wildman–Crippen LogP) is 3.95. The molecular weight excluding hydrogens is 313 g/mol. The summed E-state index contributed by atoms with van der Waals surface area (Å²) in [5, 5.41) is 7.12. The van der Waals surface area contributed by atoms with Crippen molar-refractivity contribution in [1.29, 1.82) is 0 Å². The van der Waals surface area contributed by atoms with Gasteiger partial charge in [0.25, 0.3) is 0 Å². The van der Waals surface area contributed by atoms with Crippen LogP contribution in [0.4, 0.5) is 21.5 Å². The first kappa shape index (κ1) is 15.2. The number of aryl methyl sites for hydroxylation is 2. The minimum Gasteiger partial charge on any atom is -0.371 e. The number of fused-ring (bicyclic) bond motifs is 2. The van der Waals surface area contributed by atoms with Gasteiger partial charge in [0.2, 0.25) is 0 Å². The van der Waals surface area contributed by atoms with Crippen LogP contribution in [0.3, 0.4) is 0 Å². The molecule has 0 radical (unpaired) electrons. The number of hydrogen-bond acceptors (Lipinski definition) is 3. The van der Waals surface area contributed by atoms with Crippen molar-refractivity contribution >= 4 is 17.1 Å². The molecule has 0 saturated carbocycles. The van der Waals surface area contributed by atoms with Crippen LogP contribution in [0, 0.1) is 18.7 Å². The highest BCUT2D eigenvalue weighted by molar-refractivity contribution is 5.73. The summed E-state index contributed by atoms with van der Waals surface area (Å²) in [6.07, 6.45) is 2.39. The van der Waals surface area contributed by atoms with Crippen LogP contribution in [0.5, 0.6) is 0 Å². The molecule has 2 atom stereocenters. The highest BCUT2D eigenvalue weighted by atomic mass is 19.1. The standard InChI is InChI=1S/C21H24FN3/c1-13-7-16(22)4-5-20(13)24-17-8-14-3-2-6-25-12-15-10-23-11-19(15)18(9-17)21(14)25/h4-5,7-9,15,19,23-24H,2-3,6,10-12H2,1H3. The summed E-state index contributed by atoms with van der Waals surface area (Å²) >= 11 is 0. The Labute approximate surface area is 148 Å². The fraction of sp³-hybridized carbons (Fsp3) is 0.429. The maximum Gasteiger partial charge on any atom is 0.123 e. The maximum absolute atomic E-state index is 13.4. The zero-order valence-corrected chi connectivity index (χ0v) is 14.6. The maximum atomic E-state index is 13.4. The molecule has 0 aliphatic carbocycles. The molecule has 25 heavy (non-hydrogen) atoms. The van der Waals surface area contributed by atoms with E-state index >= 15 is 0 Å². The van der Waals surface area contributed by atoms with Gasteiger partial charge in [-0.2, -0.15) is 0 Å². The van der Waals surface area contributed by atoms with Gasteiger partial charge in [-0.15, -0.1) is 0 Å². The summed E-state index contributed by atoms with van der Waals surface area (Å²) in [6, 6.07) is 9.59. The minimum absolute atomic E-state index is 0.181. The Morgan fingerprint density at radius 3 is 3.00 bits per heavy atom. The van der Waals surface area contributed by atoms with Gasteiger partial charge in [-0.3, -0.25) is 0 Å². The van der Waals surface area contributed by atoms with E-state index in [9.17, 15) is 4.39 Å². The first-order valence-corrected chi connectivity index (χ1v) is 9.35. The summed E-state index contributed by atoms with van der Waals surface area (Å²) in [7, 11) is 0. The Morgan fingerprint density at radius 2 is 2.12 bits per heavy atom. The van der Waals surface area contributed by atoms with Crippen LogP contribution in [0.15, 0.2) is 30.3 Å². The molecule has 1 saturated heterocycles. The second-order valence-corrected chi connectivity index (χ2v) is 7.73. The molecule has 2 aromatic carbocycles. The van der Waals surface area contributed by atoms with Gasteiger partial charge in [0.15, 0.2) is 0 Å². The molecule has 0 aromatic heterocycles. The summed E-state index contributed by atoms with van der Waals surface area (Å²) in [4.78, 5) is 2.61. The third-order valence-corrected chi connectivity index (χ3v) is 6.07. The van der Waals surface area contributed by atoms with Crippen LogP contribution in [-0.2, 0) is 6.42 Å². The van der Waals surface area contributed by atoms with E-state index in [4.69, 9.17) is 0 Å². The fourth-order valence-electron chi connectivity index (χ4n) is 4.90. The summed E-state index contributed by atoms with van der Waals surface area (Å²) in [5.74, 6) is 1.17. The van der Waals surface area contributed by atoms with Crippen molar-refractivity contribution in [1.82, 2.24) is 5.32 Å². The first-order valence-electron chi connectivity index (χ1n) is 9.35. The largest absolute Gasteiger partial charge is 0.371 e. The lowest BCUT2D eigenvalue weighted by atomic mass is 9.80. The van der Waals surface area contributed by atoms with E-state index in [1.807, 2.05) is 13.0 Å². The topological polar surface area (TPSA) is 27.3 Å². The molecule has 2 unspecified atom stereocenters. The fourth-order valence-corrected chi connectivity index (χ4v) is 4.90. The molecular formula is C21H24FN3. The third-order valence-electron chi connectivity index (χ3n) is 6.07. The van der Waals surface area contributed by atoms with E-state index in [1.54, 1.807) is 6.07 Å². The summed E-state index contributed by atoms with van der Waals surface area (Å²) in [6.45, 7) is 6.55.